The van der Waals surface area contributed by atoms with Crippen LogP contribution in [0.15, 0.2) is 29.8 Å². The van der Waals surface area contributed by atoms with Gasteiger partial charge in [-0.3, -0.25) is 5.41 Å². The minimum Gasteiger partial charge on any atom is -0.478 e. The van der Waals surface area contributed by atoms with Crippen molar-refractivity contribution in [3.8, 4) is 0 Å². The Hall–Kier alpha value is -2.08. The summed E-state index contributed by atoms with van der Waals surface area (Å²) >= 11 is 0. The number of nitrogens with two attached hydrogens (primary N) is 2. The average molecular weight is 276 g/mol. The Balaban J connectivity index is 0. The monoisotopic (exact) mass is 275 g/mol. The predicted octanol–water partition coefficient (Wildman–Crippen LogP) is 1.57. The zero-order chi connectivity index (χ0) is 13.4. The maximum atomic E-state index is 13.0. The number of nitrogens with one attached hydrogen (secondary N) is 1. The maximum Gasteiger partial charge on any atom is 0.331 e. The molecule has 1 aromatic carbocycles. The molecule has 5 nitrogen and oxygen atoms in total. The van der Waals surface area contributed by atoms with Crippen molar-refractivity contribution in [1.29, 1.82) is 5.41 Å². The second-order valence-corrected chi connectivity index (χ2v) is 3.11. The molecule has 100 valence electrons. The number of benzene rings is 1. The van der Waals surface area contributed by atoms with Gasteiger partial charge in [0, 0.05) is 11.1 Å². The van der Waals surface area contributed by atoms with Crippen LogP contribution in [0.5, 0.6) is 0 Å². The van der Waals surface area contributed by atoms with Crippen LogP contribution in [0.3, 0.4) is 0 Å². The van der Waals surface area contributed by atoms with E-state index >= 15 is 0 Å². The fourth-order valence-corrected chi connectivity index (χ4v) is 0.887. The van der Waals surface area contributed by atoms with Crippen LogP contribution in [0.4, 0.5) is 4.39 Å². The molecule has 0 fully saturated rings. The summed E-state index contributed by atoms with van der Waals surface area (Å²) in [6.07, 6.45) is 1.30. The van der Waals surface area contributed by atoms with Crippen molar-refractivity contribution >= 4 is 30.4 Å². The first-order valence-corrected chi connectivity index (χ1v) is 4.60. The van der Waals surface area contributed by atoms with Crippen LogP contribution >= 0.6 is 12.4 Å². The van der Waals surface area contributed by atoms with Gasteiger partial charge in [-0.05, 0) is 19.1 Å². The van der Waals surface area contributed by atoms with Gasteiger partial charge in [-0.1, -0.05) is 18.2 Å². The van der Waals surface area contributed by atoms with Gasteiger partial charge >= 0.3 is 5.97 Å². The van der Waals surface area contributed by atoms with Crippen LogP contribution in [0.25, 0.3) is 6.08 Å². The van der Waals surface area contributed by atoms with E-state index in [0.717, 1.165) is 0 Å². The average Bonchev–Trinajstić information content (AvgIpc) is 2.20. The summed E-state index contributed by atoms with van der Waals surface area (Å²) in [5.41, 5.74) is 9.35. The summed E-state index contributed by atoms with van der Waals surface area (Å²) in [5, 5.41) is 14.6. The highest BCUT2D eigenvalue weighted by Gasteiger charge is 2.02. The van der Waals surface area contributed by atoms with Gasteiger partial charge in [0.1, 0.15) is 5.82 Å². The minimum absolute atomic E-state index is 0. The highest BCUT2D eigenvalue weighted by molar-refractivity contribution is 5.91. The molecule has 0 unspecified atom stereocenters. The van der Waals surface area contributed by atoms with Crippen molar-refractivity contribution in [2.45, 2.75) is 6.92 Å². The van der Waals surface area contributed by atoms with Gasteiger partial charge in [0.05, 0.1) is 0 Å². The van der Waals surface area contributed by atoms with Gasteiger partial charge < -0.3 is 16.6 Å². The molecule has 0 aliphatic rings. The predicted molar refractivity (Wildman–Crippen MR) is 71.0 cm³/mol. The molecule has 18 heavy (non-hydrogen) atoms. The number of halogens is 2. The molecule has 0 saturated heterocycles. The lowest BCUT2D eigenvalue weighted by molar-refractivity contribution is -0.132. The van der Waals surface area contributed by atoms with Gasteiger partial charge in [0.25, 0.3) is 0 Å². The zero-order valence-electron chi connectivity index (χ0n) is 9.68. The number of carboxylic acid groups (broad SMARTS) is 1. The second-order valence-electron chi connectivity index (χ2n) is 3.11. The van der Waals surface area contributed by atoms with Gasteiger partial charge in [0.15, 0.2) is 5.96 Å². The molecule has 0 aromatic heterocycles. The molecule has 7 heteroatoms. The van der Waals surface area contributed by atoms with Crippen molar-refractivity contribution in [2.75, 3.05) is 0 Å². The number of carbonyl (C=O) groups is 1. The standard InChI is InChI=1S/C10H9FO2.CH5N3.ClH/c1-7(10(12)13)6-8-4-2-3-5-9(8)11;2-1(3)4;/h2-6H,1H3,(H,12,13);(H5,2,3,4);1H. The Morgan fingerprint density at radius 1 is 1.39 bits per heavy atom. The third-order valence-electron chi connectivity index (χ3n) is 1.61. The van der Waals surface area contributed by atoms with Crippen LogP contribution in [-0.4, -0.2) is 17.0 Å². The van der Waals surface area contributed by atoms with Crippen molar-refractivity contribution in [3.05, 3.63) is 41.2 Å². The normalized spacial score (nSPS) is 9.56. The number of hydrogen-bond donors (Lipinski definition) is 4. The third kappa shape index (κ3) is 8.12. The summed E-state index contributed by atoms with van der Waals surface area (Å²) in [5.74, 6) is -1.79. The lowest BCUT2D eigenvalue weighted by Gasteiger charge is -1.96. The minimum atomic E-state index is -1.04. The molecule has 0 atom stereocenters. The first-order chi connectivity index (χ1) is 7.84. The lowest BCUT2D eigenvalue weighted by Crippen LogP contribution is -2.20. The number of aliphatic carboxylic acids is 1. The van der Waals surface area contributed by atoms with Gasteiger partial charge in [-0.25, -0.2) is 9.18 Å². The first-order valence-electron chi connectivity index (χ1n) is 4.60. The molecule has 0 aliphatic carbocycles. The van der Waals surface area contributed by atoms with E-state index in [2.05, 4.69) is 11.5 Å². The summed E-state index contributed by atoms with van der Waals surface area (Å²) in [7, 11) is 0. The molecule has 0 heterocycles. The molecule has 0 amide bonds. The fraction of sp³-hybridized carbons (Fsp3) is 0.0909. The lowest BCUT2D eigenvalue weighted by atomic mass is 10.1. The Morgan fingerprint density at radius 2 is 1.83 bits per heavy atom. The smallest absolute Gasteiger partial charge is 0.331 e. The quantitative estimate of drug-likeness (QED) is 0.373. The molecule has 1 aromatic rings. The van der Waals surface area contributed by atoms with Crippen molar-refractivity contribution in [3.63, 3.8) is 0 Å². The Kier molecular flexibility index (Phi) is 9.15. The summed E-state index contributed by atoms with van der Waals surface area (Å²) in [6.45, 7) is 1.43. The van der Waals surface area contributed by atoms with Crippen LogP contribution in [0.2, 0.25) is 0 Å². The van der Waals surface area contributed by atoms with Crippen molar-refractivity contribution < 1.29 is 14.3 Å². The highest BCUT2D eigenvalue weighted by atomic mass is 35.5. The van der Waals surface area contributed by atoms with E-state index < -0.39 is 11.8 Å². The Bertz CT molecular complexity index is 446. The molecular weight excluding hydrogens is 261 g/mol. The molecule has 0 spiro atoms. The third-order valence-corrected chi connectivity index (χ3v) is 1.61. The summed E-state index contributed by atoms with van der Waals surface area (Å²) < 4.78 is 13.0. The van der Waals surface area contributed by atoms with Crippen LogP contribution in [0.1, 0.15) is 12.5 Å². The summed E-state index contributed by atoms with van der Waals surface area (Å²) in [4.78, 5) is 10.4. The second kappa shape index (κ2) is 9.00. The van der Waals surface area contributed by atoms with Gasteiger partial charge in [-0.2, -0.15) is 0 Å². The molecule has 1 rings (SSSR count). The van der Waals surface area contributed by atoms with E-state index in [1.807, 2.05) is 0 Å². The van der Waals surface area contributed by atoms with E-state index in [9.17, 15) is 9.18 Å². The molecule has 0 radical (unpaired) electrons. The van der Waals surface area contributed by atoms with Crippen molar-refractivity contribution in [2.24, 2.45) is 11.5 Å². The number of hydrogen-bond acceptors (Lipinski definition) is 2. The SMILES string of the molecule is CC(=Cc1ccccc1F)C(=O)O.Cl.N=C(N)N. The molecule has 0 saturated carbocycles. The maximum absolute atomic E-state index is 13.0. The Morgan fingerprint density at radius 3 is 2.22 bits per heavy atom. The van der Waals surface area contributed by atoms with Gasteiger partial charge in [-0.15, -0.1) is 12.4 Å². The fourth-order valence-electron chi connectivity index (χ4n) is 0.887. The van der Waals surface area contributed by atoms with E-state index in [0.29, 0.717) is 5.56 Å². The van der Waals surface area contributed by atoms with Crippen molar-refractivity contribution in [1.82, 2.24) is 0 Å². The Labute approximate surface area is 110 Å². The molecule has 0 aliphatic heterocycles. The number of carboxylic acids is 1. The summed E-state index contributed by atoms with van der Waals surface area (Å²) in [6, 6.07) is 6.04. The van der Waals surface area contributed by atoms with Crippen LogP contribution in [0, 0.1) is 11.2 Å². The van der Waals surface area contributed by atoms with E-state index in [1.54, 1.807) is 12.1 Å². The highest BCUT2D eigenvalue weighted by Crippen LogP contribution is 2.10. The largest absolute Gasteiger partial charge is 0.478 e. The van der Waals surface area contributed by atoms with E-state index in [4.69, 9.17) is 10.5 Å². The van der Waals surface area contributed by atoms with Crippen LogP contribution < -0.4 is 11.5 Å². The first kappa shape index (κ1) is 18.3. The number of guanidine groups is 1. The topological polar surface area (TPSA) is 113 Å². The van der Waals surface area contributed by atoms with E-state index in [-0.39, 0.29) is 23.9 Å². The zero-order valence-corrected chi connectivity index (χ0v) is 10.5. The molecule has 0 bridgehead atoms. The van der Waals surface area contributed by atoms with E-state index in [1.165, 1.54) is 25.1 Å². The number of rotatable bonds is 2. The van der Waals surface area contributed by atoms with Crippen LogP contribution in [-0.2, 0) is 4.79 Å². The molecular formula is C11H15ClFN3O2. The van der Waals surface area contributed by atoms with Gasteiger partial charge in [0.2, 0.25) is 0 Å². The molecule has 6 N–H and O–H groups in total.